The summed E-state index contributed by atoms with van der Waals surface area (Å²) in [6.07, 6.45) is 1.06. The molecule has 1 nitrogen and oxygen atoms in total. The summed E-state index contributed by atoms with van der Waals surface area (Å²) in [7, 11) is 0. The lowest BCUT2D eigenvalue weighted by atomic mass is 10.1. The summed E-state index contributed by atoms with van der Waals surface area (Å²) >= 11 is 1.95. The first-order chi connectivity index (χ1) is 7.15. The summed E-state index contributed by atoms with van der Waals surface area (Å²) < 4.78 is 0. The molecule has 0 aliphatic heterocycles. The number of hydrogen-bond donors (Lipinski definition) is 1. The smallest absolute Gasteiger partial charge is 0.0190 e. The molecule has 0 aliphatic carbocycles. The molecule has 1 aromatic rings. The number of rotatable bonds is 5. The van der Waals surface area contributed by atoms with Crippen LogP contribution in [0.25, 0.3) is 0 Å². The SMILES string of the molecule is CCC(N)C(C)SCc1ccccc1C. The maximum atomic E-state index is 6.00. The summed E-state index contributed by atoms with van der Waals surface area (Å²) in [6, 6.07) is 8.88. The quantitative estimate of drug-likeness (QED) is 0.828. The molecule has 15 heavy (non-hydrogen) atoms. The van der Waals surface area contributed by atoms with Crippen molar-refractivity contribution >= 4 is 11.8 Å². The molecule has 2 N–H and O–H groups in total. The predicted molar refractivity (Wildman–Crippen MR) is 70.2 cm³/mol. The van der Waals surface area contributed by atoms with Crippen molar-refractivity contribution in [3.8, 4) is 0 Å². The third-order valence-electron chi connectivity index (χ3n) is 2.84. The normalized spacial score (nSPS) is 14.9. The van der Waals surface area contributed by atoms with Crippen LogP contribution >= 0.6 is 11.8 Å². The monoisotopic (exact) mass is 223 g/mol. The molecular formula is C13H21NS. The van der Waals surface area contributed by atoms with Crippen molar-refractivity contribution in [3.05, 3.63) is 35.4 Å². The Bertz CT molecular complexity index is 298. The number of thioether (sulfide) groups is 1. The van der Waals surface area contributed by atoms with Gasteiger partial charge in [-0.3, -0.25) is 0 Å². The van der Waals surface area contributed by atoms with Crippen LogP contribution in [0, 0.1) is 6.92 Å². The third-order valence-corrected chi connectivity index (χ3v) is 4.19. The van der Waals surface area contributed by atoms with E-state index in [9.17, 15) is 0 Å². The molecule has 0 fully saturated rings. The van der Waals surface area contributed by atoms with Gasteiger partial charge in [-0.1, -0.05) is 38.1 Å². The van der Waals surface area contributed by atoms with Gasteiger partial charge in [-0.05, 0) is 24.5 Å². The molecule has 0 spiro atoms. The second-order valence-corrected chi connectivity index (χ2v) is 5.38. The molecule has 0 aliphatic rings. The van der Waals surface area contributed by atoms with Crippen LogP contribution in [0.3, 0.4) is 0 Å². The fourth-order valence-corrected chi connectivity index (χ4v) is 2.65. The molecule has 0 saturated carbocycles. The fraction of sp³-hybridized carbons (Fsp3) is 0.538. The Morgan fingerprint density at radius 3 is 2.60 bits per heavy atom. The van der Waals surface area contributed by atoms with Crippen molar-refractivity contribution in [1.82, 2.24) is 0 Å². The highest BCUT2D eigenvalue weighted by Gasteiger charge is 2.11. The average Bonchev–Trinajstić information content (AvgIpc) is 2.26. The maximum Gasteiger partial charge on any atom is 0.0190 e. The molecule has 0 amide bonds. The standard InChI is InChI=1S/C13H21NS/c1-4-13(14)11(3)15-9-12-8-6-5-7-10(12)2/h5-8,11,13H,4,9,14H2,1-3H3. The second kappa shape index (κ2) is 6.19. The van der Waals surface area contributed by atoms with Crippen LogP contribution in [0.1, 0.15) is 31.4 Å². The Morgan fingerprint density at radius 2 is 2.00 bits per heavy atom. The number of hydrogen-bond acceptors (Lipinski definition) is 2. The zero-order valence-electron chi connectivity index (χ0n) is 9.86. The molecule has 2 heteroatoms. The zero-order chi connectivity index (χ0) is 11.3. The molecular weight excluding hydrogens is 202 g/mol. The largest absolute Gasteiger partial charge is 0.327 e. The number of aryl methyl sites for hydroxylation is 1. The molecule has 0 radical (unpaired) electrons. The van der Waals surface area contributed by atoms with Crippen LogP contribution in [-0.4, -0.2) is 11.3 Å². The Balaban J connectivity index is 2.47. The van der Waals surface area contributed by atoms with Crippen LogP contribution in [0.15, 0.2) is 24.3 Å². The van der Waals surface area contributed by atoms with Crippen molar-refractivity contribution in [1.29, 1.82) is 0 Å². The van der Waals surface area contributed by atoms with Crippen LogP contribution in [0.4, 0.5) is 0 Å². The Hall–Kier alpha value is -0.470. The summed E-state index contributed by atoms with van der Waals surface area (Å²) in [5.41, 5.74) is 8.80. The van der Waals surface area contributed by atoms with Crippen LogP contribution in [0.5, 0.6) is 0 Å². The van der Waals surface area contributed by atoms with E-state index in [1.807, 2.05) is 11.8 Å². The highest BCUT2D eigenvalue weighted by molar-refractivity contribution is 7.99. The third kappa shape index (κ3) is 3.88. The first-order valence-electron chi connectivity index (χ1n) is 5.56. The summed E-state index contributed by atoms with van der Waals surface area (Å²) in [6.45, 7) is 6.53. The lowest BCUT2D eigenvalue weighted by Gasteiger charge is -2.18. The maximum absolute atomic E-state index is 6.00. The molecule has 1 rings (SSSR count). The fourth-order valence-electron chi connectivity index (χ4n) is 1.45. The molecule has 0 heterocycles. The Kier molecular flexibility index (Phi) is 5.20. The van der Waals surface area contributed by atoms with Gasteiger partial charge in [0, 0.05) is 17.0 Å². The first kappa shape index (κ1) is 12.6. The van der Waals surface area contributed by atoms with E-state index >= 15 is 0 Å². The van der Waals surface area contributed by atoms with E-state index < -0.39 is 0 Å². The van der Waals surface area contributed by atoms with E-state index in [0.717, 1.165) is 12.2 Å². The number of benzene rings is 1. The van der Waals surface area contributed by atoms with Gasteiger partial charge in [0.05, 0.1) is 0 Å². The molecule has 84 valence electrons. The van der Waals surface area contributed by atoms with Gasteiger partial charge in [0.2, 0.25) is 0 Å². The first-order valence-corrected chi connectivity index (χ1v) is 6.61. The lowest BCUT2D eigenvalue weighted by molar-refractivity contribution is 0.642. The zero-order valence-corrected chi connectivity index (χ0v) is 10.7. The van der Waals surface area contributed by atoms with Gasteiger partial charge < -0.3 is 5.73 Å². The van der Waals surface area contributed by atoms with Crippen molar-refractivity contribution in [3.63, 3.8) is 0 Å². The highest BCUT2D eigenvalue weighted by atomic mass is 32.2. The molecule has 0 bridgehead atoms. The van der Waals surface area contributed by atoms with Crippen LogP contribution in [-0.2, 0) is 5.75 Å². The van der Waals surface area contributed by atoms with E-state index in [2.05, 4.69) is 45.0 Å². The Labute approximate surface area is 97.4 Å². The minimum absolute atomic E-state index is 0.319. The molecule has 2 atom stereocenters. The van der Waals surface area contributed by atoms with Gasteiger partial charge in [-0.15, -0.1) is 0 Å². The van der Waals surface area contributed by atoms with Crippen molar-refractivity contribution in [2.24, 2.45) is 5.73 Å². The van der Waals surface area contributed by atoms with Gasteiger partial charge in [0.1, 0.15) is 0 Å². The van der Waals surface area contributed by atoms with E-state index in [4.69, 9.17) is 5.73 Å². The average molecular weight is 223 g/mol. The van der Waals surface area contributed by atoms with E-state index in [0.29, 0.717) is 11.3 Å². The second-order valence-electron chi connectivity index (χ2n) is 4.01. The lowest BCUT2D eigenvalue weighted by Crippen LogP contribution is -2.29. The van der Waals surface area contributed by atoms with E-state index in [-0.39, 0.29) is 0 Å². The molecule has 2 unspecified atom stereocenters. The molecule has 0 aromatic heterocycles. The number of nitrogens with two attached hydrogens (primary N) is 1. The van der Waals surface area contributed by atoms with Crippen molar-refractivity contribution in [2.75, 3.05) is 0 Å². The van der Waals surface area contributed by atoms with Gasteiger partial charge >= 0.3 is 0 Å². The minimum atomic E-state index is 0.319. The predicted octanol–water partition coefficient (Wildman–Crippen LogP) is 3.35. The summed E-state index contributed by atoms with van der Waals surface area (Å²) in [5.74, 6) is 1.07. The van der Waals surface area contributed by atoms with Crippen molar-refractivity contribution < 1.29 is 0 Å². The van der Waals surface area contributed by atoms with E-state index in [1.165, 1.54) is 11.1 Å². The summed E-state index contributed by atoms with van der Waals surface area (Å²) in [5, 5.41) is 0.537. The Morgan fingerprint density at radius 1 is 1.33 bits per heavy atom. The van der Waals surface area contributed by atoms with Crippen LogP contribution < -0.4 is 5.73 Å². The summed E-state index contributed by atoms with van der Waals surface area (Å²) in [4.78, 5) is 0. The van der Waals surface area contributed by atoms with Gasteiger partial charge in [0.15, 0.2) is 0 Å². The van der Waals surface area contributed by atoms with Crippen LogP contribution in [0.2, 0.25) is 0 Å². The van der Waals surface area contributed by atoms with Gasteiger partial charge in [-0.25, -0.2) is 0 Å². The highest BCUT2D eigenvalue weighted by Crippen LogP contribution is 2.22. The van der Waals surface area contributed by atoms with Crippen molar-refractivity contribution in [2.45, 2.75) is 44.2 Å². The minimum Gasteiger partial charge on any atom is -0.327 e. The molecule has 1 aromatic carbocycles. The van der Waals surface area contributed by atoms with E-state index in [1.54, 1.807) is 0 Å². The topological polar surface area (TPSA) is 26.0 Å². The van der Waals surface area contributed by atoms with Gasteiger partial charge in [-0.2, -0.15) is 11.8 Å². The molecule has 0 saturated heterocycles. The van der Waals surface area contributed by atoms with Gasteiger partial charge in [0.25, 0.3) is 0 Å².